The maximum atomic E-state index is 12.0. The third kappa shape index (κ3) is 3.52. The second kappa shape index (κ2) is 7.10. The summed E-state index contributed by atoms with van der Waals surface area (Å²) in [6.07, 6.45) is 5.07. The van der Waals surface area contributed by atoms with Gasteiger partial charge < -0.3 is 4.57 Å². The van der Waals surface area contributed by atoms with Crippen molar-refractivity contribution in [2.24, 2.45) is 5.10 Å². The number of aryl methyl sites for hydroxylation is 1. The van der Waals surface area contributed by atoms with Crippen LogP contribution in [-0.4, -0.2) is 21.7 Å². The Kier molecular flexibility index (Phi) is 4.72. The van der Waals surface area contributed by atoms with Gasteiger partial charge in [-0.25, -0.2) is 10.4 Å². The van der Waals surface area contributed by atoms with Crippen molar-refractivity contribution in [2.75, 3.05) is 0 Å². The molecule has 6 heteroatoms. The molecule has 0 radical (unpaired) electrons. The number of pyridine rings is 1. The summed E-state index contributed by atoms with van der Waals surface area (Å²) in [4.78, 5) is 15.9. The number of carbonyl (C=O) groups excluding carboxylic acids is 1. The van der Waals surface area contributed by atoms with E-state index in [9.17, 15) is 4.79 Å². The quantitative estimate of drug-likeness (QED) is 0.449. The largest absolute Gasteiger partial charge is 0.321 e. The maximum Gasteiger partial charge on any atom is 0.274 e. The van der Waals surface area contributed by atoms with Crippen LogP contribution in [0.1, 0.15) is 21.6 Å². The number of halogens is 1. The highest BCUT2D eigenvalue weighted by molar-refractivity contribution is 6.32. The number of hydrogen-bond donors (Lipinski definition) is 1. The predicted molar refractivity (Wildman–Crippen MR) is 94.8 cm³/mol. The van der Waals surface area contributed by atoms with Crippen molar-refractivity contribution in [1.82, 2.24) is 15.0 Å². The molecule has 0 atom stereocenters. The molecule has 3 aromatic rings. The third-order valence-corrected chi connectivity index (χ3v) is 3.75. The first-order valence-electron chi connectivity index (χ1n) is 7.33. The number of hydrazone groups is 1. The van der Waals surface area contributed by atoms with E-state index in [1.54, 1.807) is 18.3 Å². The van der Waals surface area contributed by atoms with Crippen molar-refractivity contribution < 1.29 is 4.79 Å². The van der Waals surface area contributed by atoms with Gasteiger partial charge in [0.25, 0.3) is 5.91 Å². The minimum Gasteiger partial charge on any atom is -0.321 e. The minimum absolute atomic E-state index is 0.149. The van der Waals surface area contributed by atoms with E-state index in [1.165, 1.54) is 6.20 Å². The molecule has 2 heterocycles. The average Bonchev–Trinajstić information content (AvgIpc) is 2.96. The summed E-state index contributed by atoms with van der Waals surface area (Å²) in [7, 11) is 0. The number of aromatic nitrogens is 2. The molecule has 1 aromatic carbocycles. The third-order valence-electron chi connectivity index (χ3n) is 3.45. The van der Waals surface area contributed by atoms with Crippen molar-refractivity contribution in [3.8, 4) is 5.69 Å². The highest BCUT2D eigenvalue weighted by Gasteiger charge is 2.09. The summed E-state index contributed by atoms with van der Waals surface area (Å²) < 4.78 is 2.06. The van der Waals surface area contributed by atoms with Crippen LogP contribution in [-0.2, 0) is 0 Å². The zero-order valence-electron chi connectivity index (χ0n) is 13.0. The van der Waals surface area contributed by atoms with Crippen molar-refractivity contribution in [3.63, 3.8) is 0 Å². The Morgan fingerprint density at radius 3 is 2.79 bits per heavy atom. The van der Waals surface area contributed by atoms with E-state index in [1.807, 2.05) is 49.5 Å². The Labute approximate surface area is 144 Å². The highest BCUT2D eigenvalue weighted by atomic mass is 35.5. The first kappa shape index (κ1) is 16.0. The van der Waals surface area contributed by atoms with E-state index >= 15 is 0 Å². The van der Waals surface area contributed by atoms with Gasteiger partial charge in [-0.15, -0.1) is 0 Å². The van der Waals surface area contributed by atoms with Gasteiger partial charge in [0.05, 0.1) is 11.8 Å². The molecule has 3 rings (SSSR count). The molecule has 0 bridgehead atoms. The summed E-state index contributed by atoms with van der Waals surface area (Å²) in [6, 6.07) is 15.2. The van der Waals surface area contributed by atoms with E-state index < -0.39 is 5.91 Å². The summed E-state index contributed by atoms with van der Waals surface area (Å²) in [5.41, 5.74) is 5.77. The van der Waals surface area contributed by atoms with Gasteiger partial charge in [0.15, 0.2) is 0 Å². The Morgan fingerprint density at radius 2 is 2.04 bits per heavy atom. The number of nitrogens with zero attached hydrogens (tertiary/aromatic N) is 3. The summed E-state index contributed by atoms with van der Waals surface area (Å²) in [5, 5.41) is 4.13. The van der Waals surface area contributed by atoms with Crippen LogP contribution in [0.4, 0.5) is 0 Å². The smallest absolute Gasteiger partial charge is 0.274 e. The number of hydrogen-bond acceptors (Lipinski definition) is 3. The molecular weight excluding hydrogens is 324 g/mol. The Morgan fingerprint density at radius 1 is 1.25 bits per heavy atom. The molecule has 0 aliphatic rings. The topological polar surface area (TPSA) is 59.3 Å². The van der Waals surface area contributed by atoms with Crippen LogP contribution in [0, 0.1) is 6.92 Å². The van der Waals surface area contributed by atoms with Gasteiger partial charge in [-0.05, 0) is 37.3 Å². The lowest BCUT2D eigenvalue weighted by Gasteiger charge is -2.04. The fourth-order valence-corrected chi connectivity index (χ4v) is 2.52. The molecule has 0 saturated carbocycles. The van der Waals surface area contributed by atoms with Gasteiger partial charge in [0.2, 0.25) is 0 Å². The van der Waals surface area contributed by atoms with E-state index in [0.717, 1.165) is 16.9 Å². The Bertz CT molecular complexity index is 887. The first-order chi connectivity index (χ1) is 11.6. The van der Waals surface area contributed by atoms with Gasteiger partial charge in [0.1, 0.15) is 5.15 Å². The molecule has 24 heavy (non-hydrogen) atoms. The lowest BCUT2D eigenvalue weighted by Crippen LogP contribution is -2.18. The molecule has 0 fully saturated rings. The van der Waals surface area contributed by atoms with E-state index in [2.05, 4.69) is 20.1 Å². The normalized spacial score (nSPS) is 10.9. The molecule has 0 unspecified atom stereocenters. The fourth-order valence-electron chi connectivity index (χ4n) is 2.32. The zero-order chi connectivity index (χ0) is 16.9. The van der Waals surface area contributed by atoms with E-state index in [4.69, 9.17) is 11.6 Å². The van der Waals surface area contributed by atoms with Gasteiger partial charge in [-0.1, -0.05) is 29.8 Å². The molecule has 0 aliphatic heterocycles. The van der Waals surface area contributed by atoms with Crippen LogP contribution < -0.4 is 5.43 Å². The lowest BCUT2D eigenvalue weighted by molar-refractivity contribution is 0.0955. The lowest BCUT2D eigenvalue weighted by atomic mass is 10.3. The fraction of sp³-hybridized carbons (Fsp3) is 0.0556. The van der Waals surface area contributed by atoms with Gasteiger partial charge in [-0.3, -0.25) is 4.79 Å². The summed E-state index contributed by atoms with van der Waals surface area (Å²) >= 11 is 5.88. The number of benzene rings is 1. The number of rotatable bonds is 4. The van der Waals surface area contributed by atoms with Crippen LogP contribution in [0.5, 0.6) is 0 Å². The highest BCUT2D eigenvalue weighted by Crippen LogP contribution is 2.14. The molecule has 2 aromatic heterocycles. The SMILES string of the molecule is Cc1cc(/C=N\NC(=O)c2cccnc2Cl)cn1-c1ccccc1. The second-order valence-electron chi connectivity index (χ2n) is 5.16. The second-order valence-corrected chi connectivity index (χ2v) is 5.52. The van der Waals surface area contributed by atoms with Crippen LogP contribution in [0.2, 0.25) is 5.15 Å². The molecule has 0 aliphatic carbocycles. The summed E-state index contributed by atoms with van der Waals surface area (Å²) in [5.74, 6) is -0.399. The molecule has 5 nitrogen and oxygen atoms in total. The molecule has 1 N–H and O–H groups in total. The van der Waals surface area contributed by atoms with Crippen molar-refractivity contribution in [3.05, 3.63) is 82.9 Å². The summed E-state index contributed by atoms with van der Waals surface area (Å²) in [6.45, 7) is 2.01. The van der Waals surface area contributed by atoms with Gasteiger partial charge in [0, 0.05) is 29.3 Å². The van der Waals surface area contributed by atoms with Crippen LogP contribution in [0.25, 0.3) is 5.69 Å². The minimum atomic E-state index is -0.399. The molecular formula is C18H15ClN4O. The van der Waals surface area contributed by atoms with E-state index in [-0.39, 0.29) is 10.7 Å². The van der Waals surface area contributed by atoms with Crippen LogP contribution >= 0.6 is 11.6 Å². The monoisotopic (exact) mass is 338 g/mol. The van der Waals surface area contributed by atoms with Crippen LogP contribution in [0.3, 0.4) is 0 Å². The molecule has 120 valence electrons. The predicted octanol–water partition coefficient (Wildman–Crippen LogP) is 3.60. The number of amides is 1. The van der Waals surface area contributed by atoms with Crippen LogP contribution in [0.15, 0.2) is 66.0 Å². The standard InChI is InChI=1S/C18H15ClN4O/c1-13-10-14(12-23(13)15-6-3-2-4-7-15)11-21-22-18(24)16-8-5-9-20-17(16)19/h2-12H,1H3,(H,22,24)/b21-11-. The van der Waals surface area contributed by atoms with Gasteiger partial charge in [-0.2, -0.15) is 5.10 Å². The number of nitrogens with one attached hydrogen (secondary N) is 1. The maximum absolute atomic E-state index is 12.0. The van der Waals surface area contributed by atoms with Gasteiger partial charge >= 0.3 is 0 Å². The van der Waals surface area contributed by atoms with Crippen molar-refractivity contribution >= 4 is 23.7 Å². The zero-order valence-corrected chi connectivity index (χ0v) is 13.7. The number of carbonyl (C=O) groups is 1. The molecule has 0 spiro atoms. The van der Waals surface area contributed by atoms with Crippen molar-refractivity contribution in [1.29, 1.82) is 0 Å². The Balaban J connectivity index is 1.72. The van der Waals surface area contributed by atoms with E-state index in [0.29, 0.717) is 0 Å². The Hall–Kier alpha value is -2.92. The molecule has 1 amide bonds. The molecule has 0 saturated heterocycles. The average molecular weight is 339 g/mol. The first-order valence-corrected chi connectivity index (χ1v) is 7.71. The number of para-hydroxylation sites is 1. The van der Waals surface area contributed by atoms with Crippen molar-refractivity contribution in [2.45, 2.75) is 6.92 Å².